The van der Waals surface area contributed by atoms with Gasteiger partial charge in [-0.3, -0.25) is 0 Å². The van der Waals surface area contributed by atoms with Gasteiger partial charge in [-0.2, -0.15) is 0 Å². The summed E-state index contributed by atoms with van der Waals surface area (Å²) in [7, 11) is 0. The van der Waals surface area contributed by atoms with Crippen LogP contribution in [0.25, 0.3) is 6.08 Å². The Morgan fingerprint density at radius 2 is 2.00 bits per heavy atom. The number of alkyl halides is 1. The van der Waals surface area contributed by atoms with E-state index in [1.807, 2.05) is 24.3 Å². The molecule has 66 valence electrons. The molecule has 1 aromatic carbocycles. The van der Waals surface area contributed by atoms with Gasteiger partial charge in [0.15, 0.2) is 0 Å². The molecule has 2 rings (SSSR count). The molecule has 1 N–H and O–H groups in total. The van der Waals surface area contributed by atoms with Crippen LogP contribution in [0.1, 0.15) is 16.5 Å². The number of hydrogen-bond acceptors (Lipinski definition) is 2. The molecule has 1 atom stereocenters. The molecule has 13 heavy (non-hydrogen) atoms. The van der Waals surface area contributed by atoms with Crippen LogP contribution in [0.3, 0.4) is 0 Å². The highest BCUT2D eigenvalue weighted by molar-refractivity contribution is 7.81. The van der Waals surface area contributed by atoms with Gasteiger partial charge in [0.1, 0.15) is 5.76 Å². The predicted molar refractivity (Wildman–Crippen MR) is 58.2 cm³/mol. The van der Waals surface area contributed by atoms with Crippen LogP contribution < -0.4 is 0 Å². The zero-order valence-electron chi connectivity index (χ0n) is 6.70. The number of rotatable bonds is 0. The van der Waals surface area contributed by atoms with Crippen LogP contribution in [0.2, 0.25) is 0 Å². The van der Waals surface area contributed by atoms with Crippen LogP contribution in [-0.2, 0) is 0 Å². The molecule has 0 saturated heterocycles. The average molecular weight is 211 g/mol. The van der Waals surface area contributed by atoms with Crippen molar-refractivity contribution < 1.29 is 5.11 Å². The molecule has 0 radical (unpaired) electrons. The number of aliphatic hydroxyl groups excluding tert-OH is 1. The van der Waals surface area contributed by atoms with Gasteiger partial charge in [0.25, 0.3) is 0 Å². The third kappa shape index (κ3) is 1.36. The van der Waals surface area contributed by atoms with Crippen molar-refractivity contribution in [3.8, 4) is 0 Å². The summed E-state index contributed by atoms with van der Waals surface area (Å²) in [5.74, 6) is 0.105. The summed E-state index contributed by atoms with van der Waals surface area (Å²) in [5.41, 5.74) is 1.90. The Morgan fingerprint density at radius 1 is 1.31 bits per heavy atom. The van der Waals surface area contributed by atoms with E-state index in [4.69, 9.17) is 23.8 Å². The highest BCUT2D eigenvalue weighted by Crippen LogP contribution is 2.33. The minimum absolute atomic E-state index is 0.105. The van der Waals surface area contributed by atoms with Crippen molar-refractivity contribution in [1.82, 2.24) is 0 Å². The molecule has 1 aliphatic rings. The number of benzene rings is 1. The summed E-state index contributed by atoms with van der Waals surface area (Å²) in [4.78, 5) is 0.403. The molecule has 1 unspecified atom stereocenters. The molecule has 0 spiro atoms. The number of aliphatic hydroxyl groups is 1. The molecular formula is C10H7ClOS. The normalized spacial score (nSPS) is 20.8. The molecule has 0 fully saturated rings. The largest absolute Gasteiger partial charge is 0.507 e. The molecule has 3 heteroatoms. The van der Waals surface area contributed by atoms with Crippen molar-refractivity contribution in [1.29, 1.82) is 0 Å². The van der Waals surface area contributed by atoms with Gasteiger partial charge in [-0.1, -0.05) is 36.5 Å². The topological polar surface area (TPSA) is 20.2 Å². The van der Waals surface area contributed by atoms with Crippen LogP contribution >= 0.6 is 23.8 Å². The monoisotopic (exact) mass is 210 g/mol. The molecule has 0 aromatic heterocycles. The fourth-order valence-electron chi connectivity index (χ4n) is 1.36. The summed E-state index contributed by atoms with van der Waals surface area (Å²) < 4.78 is 0. The van der Waals surface area contributed by atoms with E-state index in [1.165, 1.54) is 0 Å². The van der Waals surface area contributed by atoms with E-state index >= 15 is 0 Å². The van der Waals surface area contributed by atoms with Gasteiger partial charge in [0, 0.05) is 0 Å². The van der Waals surface area contributed by atoms with E-state index in [2.05, 4.69) is 0 Å². The third-order valence-electron chi connectivity index (χ3n) is 2.04. The molecule has 0 amide bonds. The number of hydrogen-bond donors (Lipinski definition) is 1. The molecule has 0 heterocycles. The summed E-state index contributed by atoms with van der Waals surface area (Å²) in [6, 6.07) is 7.64. The minimum Gasteiger partial charge on any atom is -0.507 e. The van der Waals surface area contributed by atoms with Crippen molar-refractivity contribution in [3.05, 3.63) is 41.2 Å². The van der Waals surface area contributed by atoms with Crippen molar-refractivity contribution in [2.75, 3.05) is 0 Å². The Labute approximate surface area is 86.7 Å². The highest BCUT2D eigenvalue weighted by atomic mass is 35.5. The first-order valence-electron chi connectivity index (χ1n) is 3.88. The van der Waals surface area contributed by atoms with Gasteiger partial charge in [-0.05, 0) is 17.2 Å². The molecule has 0 aliphatic heterocycles. The number of halogens is 1. The second-order valence-corrected chi connectivity index (χ2v) is 3.76. The van der Waals surface area contributed by atoms with Crippen LogP contribution in [0, 0.1) is 0 Å². The van der Waals surface area contributed by atoms with Crippen molar-refractivity contribution in [2.24, 2.45) is 0 Å². The molecule has 1 nitrogen and oxygen atoms in total. The van der Waals surface area contributed by atoms with E-state index in [-0.39, 0.29) is 11.1 Å². The predicted octanol–water partition coefficient (Wildman–Crippen LogP) is 3.25. The van der Waals surface area contributed by atoms with E-state index in [0.29, 0.717) is 4.86 Å². The number of fused-ring (bicyclic) bond motifs is 1. The maximum atomic E-state index is 9.43. The van der Waals surface area contributed by atoms with Crippen LogP contribution in [0.5, 0.6) is 0 Å². The van der Waals surface area contributed by atoms with Crippen LogP contribution in [0.15, 0.2) is 30.0 Å². The second kappa shape index (κ2) is 3.13. The van der Waals surface area contributed by atoms with Crippen LogP contribution in [0.4, 0.5) is 0 Å². The Morgan fingerprint density at radius 3 is 2.77 bits per heavy atom. The third-order valence-corrected chi connectivity index (χ3v) is 3.07. The number of allylic oxidation sites excluding steroid dienone is 1. The number of thiocarbonyl (C=S) groups is 1. The highest BCUT2D eigenvalue weighted by Gasteiger charge is 2.23. The zero-order chi connectivity index (χ0) is 9.42. The Balaban J connectivity index is 2.63. The summed E-state index contributed by atoms with van der Waals surface area (Å²) in [6.45, 7) is 0. The maximum absolute atomic E-state index is 9.43. The summed E-state index contributed by atoms with van der Waals surface area (Å²) >= 11 is 11.0. The van der Waals surface area contributed by atoms with Gasteiger partial charge < -0.3 is 5.11 Å². The van der Waals surface area contributed by atoms with Crippen LogP contribution in [-0.4, -0.2) is 9.97 Å². The lowest BCUT2D eigenvalue weighted by molar-refractivity contribution is 0.447. The first kappa shape index (κ1) is 8.73. The standard InChI is InChI=1S/C10H7ClOS/c11-9-7-4-2-1-3-6(7)5-8(12)10(9)13/h1-5,9,12H. The van der Waals surface area contributed by atoms with E-state index < -0.39 is 0 Å². The van der Waals surface area contributed by atoms with E-state index in [0.717, 1.165) is 11.1 Å². The molecule has 1 aromatic rings. The Kier molecular flexibility index (Phi) is 2.10. The lowest BCUT2D eigenvalue weighted by Crippen LogP contribution is -2.12. The van der Waals surface area contributed by atoms with E-state index in [1.54, 1.807) is 6.08 Å². The quantitative estimate of drug-likeness (QED) is 0.524. The zero-order valence-corrected chi connectivity index (χ0v) is 8.27. The maximum Gasteiger partial charge on any atom is 0.131 e. The van der Waals surface area contributed by atoms with Gasteiger partial charge in [-0.15, -0.1) is 11.6 Å². The molecule has 1 aliphatic carbocycles. The summed E-state index contributed by atoms with van der Waals surface area (Å²) in [5, 5.41) is 9.05. The molecule has 0 saturated carbocycles. The first-order valence-corrected chi connectivity index (χ1v) is 4.72. The Bertz CT molecular complexity index is 398. The summed E-state index contributed by atoms with van der Waals surface area (Å²) in [6.07, 6.45) is 1.65. The lowest BCUT2D eigenvalue weighted by atomic mass is 9.96. The van der Waals surface area contributed by atoms with Gasteiger partial charge >= 0.3 is 0 Å². The first-order chi connectivity index (χ1) is 6.20. The van der Waals surface area contributed by atoms with Gasteiger partial charge in [-0.25, -0.2) is 0 Å². The minimum atomic E-state index is -0.379. The van der Waals surface area contributed by atoms with E-state index in [9.17, 15) is 5.11 Å². The smallest absolute Gasteiger partial charge is 0.131 e. The van der Waals surface area contributed by atoms with Crippen molar-refractivity contribution in [3.63, 3.8) is 0 Å². The Hall–Kier alpha value is -0.860. The molecular weight excluding hydrogens is 204 g/mol. The van der Waals surface area contributed by atoms with Crippen molar-refractivity contribution >= 4 is 34.8 Å². The molecule has 0 bridgehead atoms. The lowest BCUT2D eigenvalue weighted by Gasteiger charge is -2.18. The fourth-order valence-corrected chi connectivity index (χ4v) is 1.86. The van der Waals surface area contributed by atoms with Gasteiger partial charge in [0.2, 0.25) is 0 Å². The van der Waals surface area contributed by atoms with Gasteiger partial charge in [0.05, 0.1) is 10.2 Å². The second-order valence-electron chi connectivity index (χ2n) is 2.89. The van der Waals surface area contributed by atoms with Crippen molar-refractivity contribution in [2.45, 2.75) is 5.38 Å². The average Bonchev–Trinajstić information content (AvgIpc) is 2.15. The SMILES string of the molecule is OC1=Cc2ccccc2C(Cl)C1=S. The fraction of sp³-hybridized carbons (Fsp3) is 0.100.